The summed E-state index contributed by atoms with van der Waals surface area (Å²) in [5.41, 5.74) is 1.87. The van der Waals surface area contributed by atoms with E-state index in [0.717, 1.165) is 16.3 Å². The second-order valence-corrected chi connectivity index (χ2v) is 7.25. The Morgan fingerprint density at radius 3 is 2.41 bits per heavy atom. The first-order valence-corrected chi connectivity index (χ1v) is 9.75. The predicted molar refractivity (Wildman–Crippen MR) is 115 cm³/mol. The van der Waals surface area contributed by atoms with Gasteiger partial charge in [0.15, 0.2) is 0 Å². The summed E-state index contributed by atoms with van der Waals surface area (Å²) >= 11 is 1.19. The molecule has 5 nitrogen and oxygen atoms in total. The molecular formula is C23H17NO4S. The summed E-state index contributed by atoms with van der Waals surface area (Å²) in [5.74, 6) is -0.747. The lowest BCUT2D eigenvalue weighted by Crippen LogP contribution is -2.14. The molecule has 2 N–H and O–H groups in total. The first-order valence-electron chi connectivity index (χ1n) is 8.87. The minimum absolute atomic E-state index is 0.0775. The fourth-order valence-corrected chi connectivity index (χ4v) is 4.20. The first kappa shape index (κ1) is 18.7. The molecule has 4 rings (SSSR count). The molecule has 0 radical (unpaired) electrons. The van der Waals surface area contributed by atoms with E-state index >= 15 is 0 Å². The fourth-order valence-electron chi connectivity index (χ4n) is 3.24. The van der Waals surface area contributed by atoms with Crippen LogP contribution in [0.25, 0.3) is 21.9 Å². The van der Waals surface area contributed by atoms with Crippen molar-refractivity contribution in [2.45, 2.75) is 0 Å². The summed E-state index contributed by atoms with van der Waals surface area (Å²) in [7, 11) is 1.57. The first-order chi connectivity index (χ1) is 14.1. The molecule has 1 aromatic heterocycles. The number of carboxylic acids is 1. The molecule has 0 unspecified atom stereocenters. The normalized spacial score (nSPS) is 10.7. The van der Waals surface area contributed by atoms with E-state index in [0.29, 0.717) is 21.9 Å². The van der Waals surface area contributed by atoms with Crippen LogP contribution in [0.4, 0.5) is 5.00 Å². The molecule has 0 bridgehead atoms. The van der Waals surface area contributed by atoms with Gasteiger partial charge in [-0.3, -0.25) is 4.79 Å². The zero-order chi connectivity index (χ0) is 20.4. The van der Waals surface area contributed by atoms with Gasteiger partial charge in [-0.25, -0.2) is 4.79 Å². The van der Waals surface area contributed by atoms with Crippen LogP contribution in [-0.2, 0) is 0 Å². The number of hydrogen-bond donors (Lipinski definition) is 2. The smallest absolute Gasteiger partial charge is 0.339 e. The number of methoxy groups -OCH3 is 1. The molecule has 0 aliphatic rings. The summed E-state index contributed by atoms with van der Waals surface area (Å²) in [4.78, 5) is 24.9. The van der Waals surface area contributed by atoms with Crippen LogP contribution < -0.4 is 10.1 Å². The maximum absolute atomic E-state index is 12.9. The second kappa shape index (κ2) is 7.77. The van der Waals surface area contributed by atoms with Crippen molar-refractivity contribution in [2.75, 3.05) is 12.4 Å². The summed E-state index contributed by atoms with van der Waals surface area (Å²) in [6.45, 7) is 0. The van der Waals surface area contributed by atoms with Crippen molar-refractivity contribution in [2.24, 2.45) is 0 Å². The molecule has 0 saturated heterocycles. The lowest BCUT2D eigenvalue weighted by atomic mass is 10.0. The van der Waals surface area contributed by atoms with Crippen LogP contribution in [0.2, 0.25) is 0 Å². The molecule has 1 amide bonds. The summed E-state index contributed by atoms with van der Waals surface area (Å²) in [6, 6.07) is 20.2. The van der Waals surface area contributed by atoms with Gasteiger partial charge in [-0.15, -0.1) is 11.3 Å². The highest BCUT2D eigenvalue weighted by Crippen LogP contribution is 2.36. The number of amides is 1. The van der Waals surface area contributed by atoms with Crippen LogP contribution in [0.1, 0.15) is 20.7 Å². The maximum Gasteiger partial charge on any atom is 0.339 e. The lowest BCUT2D eigenvalue weighted by molar-refractivity contribution is 0.0699. The van der Waals surface area contributed by atoms with Crippen molar-refractivity contribution in [3.63, 3.8) is 0 Å². The van der Waals surface area contributed by atoms with Crippen LogP contribution in [-0.4, -0.2) is 24.1 Å². The Morgan fingerprint density at radius 2 is 1.69 bits per heavy atom. The topological polar surface area (TPSA) is 75.6 Å². The molecule has 0 aliphatic carbocycles. The molecule has 1 heterocycles. The highest BCUT2D eigenvalue weighted by Gasteiger charge is 2.22. The number of nitrogens with one attached hydrogen (secondary N) is 1. The number of carboxylic acid groups (broad SMARTS) is 1. The zero-order valence-corrected chi connectivity index (χ0v) is 16.3. The van der Waals surface area contributed by atoms with E-state index in [-0.39, 0.29) is 11.5 Å². The molecule has 0 saturated carbocycles. The van der Waals surface area contributed by atoms with E-state index in [4.69, 9.17) is 4.74 Å². The van der Waals surface area contributed by atoms with Gasteiger partial charge in [0.05, 0.1) is 7.11 Å². The van der Waals surface area contributed by atoms with Crippen LogP contribution in [0, 0.1) is 0 Å². The van der Waals surface area contributed by atoms with Gasteiger partial charge in [-0.1, -0.05) is 48.5 Å². The molecule has 29 heavy (non-hydrogen) atoms. The van der Waals surface area contributed by atoms with E-state index in [1.807, 2.05) is 36.4 Å². The molecule has 0 aliphatic heterocycles. The molecule has 0 spiro atoms. The van der Waals surface area contributed by atoms with E-state index in [1.165, 1.54) is 11.3 Å². The minimum Gasteiger partial charge on any atom is -0.497 e. The van der Waals surface area contributed by atoms with Crippen molar-refractivity contribution in [1.82, 2.24) is 0 Å². The van der Waals surface area contributed by atoms with E-state index in [1.54, 1.807) is 42.8 Å². The van der Waals surface area contributed by atoms with Crippen molar-refractivity contribution in [3.05, 3.63) is 83.2 Å². The van der Waals surface area contributed by atoms with Gasteiger partial charge in [0.2, 0.25) is 0 Å². The van der Waals surface area contributed by atoms with Crippen LogP contribution >= 0.6 is 11.3 Å². The maximum atomic E-state index is 12.9. The zero-order valence-electron chi connectivity index (χ0n) is 15.5. The van der Waals surface area contributed by atoms with Crippen LogP contribution in [0.15, 0.2) is 72.1 Å². The minimum atomic E-state index is -1.09. The number of fused-ring (bicyclic) bond motifs is 1. The molecule has 3 aromatic carbocycles. The van der Waals surface area contributed by atoms with E-state index < -0.39 is 5.97 Å². The summed E-state index contributed by atoms with van der Waals surface area (Å²) in [6.07, 6.45) is 0. The monoisotopic (exact) mass is 403 g/mol. The SMILES string of the molecule is COc1ccc(-c2csc(NC(=O)c3cccc4ccccc34)c2C(=O)O)cc1. The van der Waals surface area contributed by atoms with Gasteiger partial charge in [0.25, 0.3) is 5.91 Å². The predicted octanol–water partition coefficient (Wildman–Crippen LogP) is 5.53. The van der Waals surface area contributed by atoms with Crippen molar-refractivity contribution < 1.29 is 19.4 Å². The molecule has 0 atom stereocenters. The third-order valence-electron chi connectivity index (χ3n) is 4.67. The van der Waals surface area contributed by atoms with Gasteiger partial charge < -0.3 is 15.2 Å². The Balaban J connectivity index is 1.71. The number of carbonyl (C=O) groups excluding carboxylic acids is 1. The number of hydrogen-bond acceptors (Lipinski definition) is 4. The van der Waals surface area contributed by atoms with Gasteiger partial charge in [0.1, 0.15) is 16.3 Å². The average Bonchev–Trinajstić information content (AvgIpc) is 3.17. The Hall–Kier alpha value is -3.64. The Bertz CT molecular complexity index is 1210. The Kier molecular flexibility index (Phi) is 5.01. The van der Waals surface area contributed by atoms with E-state index in [2.05, 4.69) is 5.32 Å². The van der Waals surface area contributed by atoms with Crippen molar-refractivity contribution in [1.29, 1.82) is 0 Å². The number of rotatable bonds is 5. The molecule has 144 valence electrons. The summed E-state index contributed by atoms with van der Waals surface area (Å²) < 4.78 is 5.15. The highest BCUT2D eigenvalue weighted by molar-refractivity contribution is 7.15. The highest BCUT2D eigenvalue weighted by atomic mass is 32.1. The van der Waals surface area contributed by atoms with Gasteiger partial charge >= 0.3 is 5.97 Å². The number of carbonyl (C=O) groups is 2. The van der Waals surface area contributed by atoms with Crippen LogP contribution in [0.5, 0.6) is 5.75 Å². The second-order valence-electron chi connectivity index (χ2n) is 6.37. The molecular weight excluding hydrogens is 386 g/mol. The van der Waals surface area contributed by atoms with Crippen molar-refractivity contribution in [3.8, 4) is 16.9 Å². The molecule has 6 heteroatoms. The number of aromatic carboxylic acids is 1. The quantitative estimate of drug-likeness (QED) is 0.460. The summed E-state index contributed by atoms with van der Waals surface area (Å²) in [5, 5.41) is 16.4. The van der Waals surface area contributed by atoms with Gasteiger partial charge in [-0.05, 0) is 34.5 Å². The van der Waals surface area contributed by atoms with Gasteiger partial charge in [0, 0.05) is 16.5 Å². The third kappa shape index (κ3) is 3.58. The third-order valence-corrected chi connectivity index (χ3v) is 5.56. The number of thiophene rings is 1. The molecule has 4 aromatic rings. The lowest BCUT2D eigenvalue weighted by Gasteiger charge is -2.09. The number of ether oxygens (including phenoxy) is 1. The Morgan fingerprint density at radius 1 is 0.966 bits per heavy atom. The Labute approximate surface area is 171 Å². The number of benzene rings is 3. The number of anilines is 1. The average molecular weight is 403 g/mol. The standard InChI is InChI=1S/C23H17NO4S/c1-28-16-11-9-15(10-12-16)19-13-29-22(20(19)23(26)27)24-21(25)18-8-4-6-14-5-2-3-7-17(14)18/h2-13H,1H3,(H,24,25)(H,26,27). The molecule has 0 fully saturated rings. The van der Waals surface area contributed by atoms with Crippen molar-refractivity contribution >= 4 is 39.0 Å². The largest absolute Gasteiger partial charge is 0.497 e. The fraction of sp³-hybridized carbons (Fsp3) is 0.0435. The van der Waals surface area contributed by atoms with E-state index in [9.17, 15) is 14.7 Å². The van der Waals surface area contributed by atoms with Gasteiger partial charge in [-0.2, -0.15) is 0 Å². The van der Waals surface area contributed by atoms with Crippen LogP contribution in [0.3, 0.4) is 0 Å².